The number of benzene rings is 1. The van der Waals surface area contributed by atoms with Crippen molar-refractivity contribution in [3.63, 3.8) is 0 Å². The first-order chi connectivity index (χ1) is 9.76. The third-order valence-corrected chi connectivity index (χ3v) is 5.28. The van der Waals surface area contributed by atoms with Gasteiger partial charge in [0.2, 0.25) is 0 Å². The van der Waals surface area contributed by atoms with E-state index in [0.717, 1.165) is 19.3 Å². The lowest BCUT2D eigenvalue weighted by Crippen LogP contribution is -2.13. The zero-order valence-corrected chi connectivity index (χ0v) is 12.9. The number of hydrogen-bond donors (Lipinski definition) is 1. The second kappa shape index (κ2) is 6.06. The van der Waals surface area contributed by atoms with E-state index in [0.29, 0.717) is 0 Å². The summed E-state index contributed by atoms with van der Waals surface area (Å²) in [4.78, 5) is 6.29. The number of nitrogens with zero attached hydrogens (tertiary/aromatic N) is 1. The molecule has 1 atom stereocenters. The lowest BCUT2D eigenvalue weighted by Gasteiger charge is -2.10. The van der Waals surface area contributed by atoms with E-state index < -0.39 is 0 Å². The van der Waals surface area contributed by atoms with Crippen molar-refractivity contribution in [2.75, 3.05) is 0 Å². The summed E-state index contributed by atoms with van der Waals surface area (Å²) in [7, 11) is 0. The maximum Gasteiger partial charge on any atom is 0.0950 e. The monoisotopic (exact) mass is 286 g/mol. The van der Waals surface area contributed by atoms with Crippen LogP contribution in [-0.4, -0.2) is 4.98 Å². The molecule has 0 spiro atoms. The van der Waals surface area contributed by atoms with Gasteiger partial charge < -0.3 is 5.73 Å². The first-order valence-electron chi connectivity index (χ1n) is 7.58. The molecule has 0 saturated heterocycles. The first kappa shape index (κ1) is 13.8. The molecule has 1 aromatic carbocycles. The van der Waals surface area contributed by atoms with Crippen LogP contribution in [-0.2, 0) is 25.7 Å². The van der Waals surface area contributed by atoms with Gasteiger partial charge in [-0.3, -0.25) is 0 Å². The largest absolute Gasteiger partial charge is 0.324 e. The van der Waals surface area contributed by atoms with Crippen molar-refractivity contribution in [3.05, 3.63) is 51.0 Å². The van der Waals surface area contributed by atoms with Gasteiger partial charge in [0.15, 0.2) is 0 Å². The van der Waals surface area contributed by atoms with Crippen molar-refractivity contribution < 1.29 is 0 Å². The summed E-state index contributed by atoms with van der Waals surface area (Å²) in [5.41, 5.74) is 10.3. The highest BCUT2D eigenvalue weighted by atomic mass is 32.1. The molecule has 1 unspecified atom stereocenters. The summed E-state index contributed by atoms with van der Waals surface area (Å²) in [5, 5.41) is 1.21. The van der Waals surface area contributed by atoms with Crippen LogP contribution in [0.3, 0.4) is 0 Å². The smallest absolute Gasteiger partial charge is 0.0950 e. The van der Waals surface area contributed by atoms with Crippen LogP contribution in [0.2, 0.25) is 0 Å². The summed E-state index contributed by atoms with van der Waals surface area (Å²) in [6.45, 7) is 2.18. The molecule has 1 aliphatic carbocycles. The van der Waals surface area contributed by atoms with Crippen molar-refractivity contribution in [2.45, 2.75) is 51.5 Å². The minimum Gasteiger partial charge on any atom is -0.324 e. The van der Waals surface area contributed by atoms with E-state index in [2.05, 4.69) is 31.2 Å². The molecule has 2 N–H and O–H groups in total. The second-order valence-corrected chi connectivity index (χ2v) is 6.76. The first-order valence-corrected chi connectivity index (χ1v) is 8.39. The molecule has 1 aromatic heterocycles. The molecule has 0 fully saturated rings. The van der Waals surface area contributed by atoms with E-state index in [1.807, 2.05) is 11.3 Å². The number of aromatic nitrogens is 1. The lowest BCUT2D eigenvalue weighted by atomic mass is 10.0. The van der Waals surface area contributed by atoms with E-state index in [4.69, 9.17) is 10.7 Å². The average Bonchev–Trinajstić information content (AvgIpc) is 2.89. The fourth-order valence-electron chi connectivity index (χ4n) is 2.80. The van der Waals surface area contributed by atoms with Crippen molar-refractivity contribution >= 4 is 11.3 Å². The third kappa shape index (κ3) is 2.94. The molecule has 1 aliphatic rings. The molecule has 3 rings (SSSR count). The normalized spacial score (nSPS) is 15.9. The molecule has 0 bridgehead atoms. The lowest BCUT2D eigenvalue weighted by molar-refractivity contribution is 0.674. The molecule has 2 nitrogen and oxygen atoms in total. The zero-order valence-electron chi connectivity index (χ0n) is 12.1. The maximum absolute atomic E-state index is 6.34. The molecular formula is C17H22N2S. The summed E-state index contributed by atoms with van der Waals surface area (Å²) < 4.78 is 0. The van der Waals surface area contributed by atoms with Crippen LogP contribution in [0, 0.1) is 0 Å². The van der Waals surface area contributed by atoms with E-state index >= 15 is 0 Å². The average molecular weight is 286 g/mol. The van der Waals surface area contributed by atoms with Gasteiger partial charge in [-0.2, -0.15) is 0 Å². The van der Waals surface area contributed by atoms with E-state index in [-0.39, 0.29) is 6.04 Å². The molecule has 0 amide bonds. The molecular weight excluding hydrogens is 264 g/mol. The molecule has 20 heavy (non-hydrogen) atoms. The molecule has 2 aromatic rings. The van der Waals surface area contributed by atoms with Crippen LogP contribution < -0.4 is 5.73 Å². The fourth-order valence-corrected chi connectivity index (χ4v) is 4.01. The number of thiazole rings is 1. The Bertz CT molecular complexity index is 548. The van der Waals surface area contributed by atoms with Crippen molar-refractivity contribution in [2.24, 2.45) is 5.73 Å². The van der Waals surface area contributed by atoms with Gasteiger partial charge in [-0.05, 0) is 43.2 Å². The Morgan fingerprint density at radius 3 is 2.65 bits per heavy atom. The van der Waals surface area contributed by atoms with E-state index in [1.54, 1.807) is 0 Å². The summed E-state index contributed by atoms with van der Waals surface area (Å²) in [5.74, 6) is 0. The Morgan fingerprint density at radius 1 is 1.20 bits per heavy atom. The summed E-state index contributed by atoms with van der Waals surface area (Å²) in [6.07, 6.45) is 6.93. The predicted octanol–water partition coefficient (Wildman–Crippen LogP) is 3.83. The van der Waals surface area contributed by atoms with Gasteiger partial charge >= 0.3 is 0 Å². The van der Waals surface area contributed by atoms with Crippen LogP contribution in [0.1, 0.15) is 52.5 Å². The van der Waals surface area contributed by atoms with Gasteiger partial charge in [-0.1, -0.05) is 31.2 Å². The summed E-state index contributed by atoms with van der Waals surface area (Å²) in [6, 6.07) is 8.76. The number of aryl methyl sites for hydroxylation is 3. The zero-order chi connectivity index (χ0) is 13.9. The quantitative estimate of drug-likeness (QED) is 0.928. The number of fused-ring (bicyclic) bond motifs is 1. The van der Waals surface area contributed by atoms with Crippen molar-refractivity contribution in [1.29, 1.82) is 0 Å². The van der Waals surface area contributed by atoms with Gasteiger partial charge in [-0.15, -0.1) is 11.3 Å². The van der Waals surface area contributed by atoms with Crippen LogP contribution in [0.5, 0.6) is 0 Å². The minimum absolute atomic E-state index is 0.0634. The SMILES string of the molecule is CCc1ccc(C(N)Cc2nc3c(s2)CCCC3)cc1. The van der Waals surface area contributed by atoms with Crippen LogP contribution in [0.25, 0.3) is 0 Å². The van der Waals surface area contributed by atoms with Gasteiger partial charge in [0.1, 0.15) is 0 Å². The van der Waals surface area contributed by atoms with Gasteiger partial charge in [0.05, 0.1) is 10.7 Å². The van der Waals surface area contributed by atoms with E-state index in [9.17, 15) is 0 Å². The maximum atomic E-state index is 6.34. The Balaban J connectivity index is 1.71. The van der Waals surface area contributed by atoms with Crippen molar-refractivity contribution in [1.82, 2.24) is 4.98 Å². The molecule has 3 heteroatoms. The van der Waals surface area contributed by atoms with Crippen LogP contribution in [0.15, 0.2) is 24.3 Å². The van der Waals surface area contributed by atoms with Crippen LogP contribution >= 0.6 is 11.3 Å². The Hall–Kier alpha value is -1.19. The Morgan fingerprint density at radius 2 is 1.95 bits per heavy atom. The highest BCUT2D eigenvalue weighted by molar-refractivity contribution is 7.11. The minimum atomic E-state index is 0.0634. The van der Waals surface area contributed by atoms with Gasteiger partial charge in [0, 0.05) is 17.3 Å². The molecule has 106 valence electrons. The summed E-state index contributed by atoms with van der Waals surface area (Å²) >= 11 is 1.87. The molecule has 0 radical (unpaired) electrons. The highest BCUT2D eigenvalue weighted by Gasteiger charge is 2.17. The standard InChI is InChI=1S/C17H22N2S/c1-2-12-7-9-13(10-8-12)14(18)11-17-19-15-5-3-4-6-16(15)20-17/h7-10,14H,2-6,11,18H2,1H3. The number of hydrogen-bond acceptors (Lipinski definition) is 3. The molecule has 1 heterocycles. The van der Waals surface area contributed by atoms with Gasteiger partial charge in [-0.25, -0.2) is 4.98 Å². The Labute approximate surface area is 125 Å². The Kier molecular flexibility index (Phi) is 4.18. The van der Waals surface area contributed by atoms with Gasteiger partial charge in [0.25, 0.3) is 0 Å². The fraction of sp³-hybridized carbons (Fsp3) is 0.471. The topological polar surface area (TPSA) is 38.9 Å². The van der Waals surface area contributed by atoms with E-state index in [1.165, 1.54) is 46.0 Å². The van der Waals surface area contributed by atoms with Crippen LogP contribution in [0.4, 0.5) is 0 Å². The molecule has 0 saturated carbocycles. The predicted molar refractivity (Wildman–Crippen MR) is 85.2 cm³/mol. The molecule has 0 aliphatic heterocycles. The second-order valence-electron chi connectivity index (χ2n) is 5.59. The highest BCUT2D eigenvalue weighted by Crippen LogP contribution is 2.28. The number of nitrogens with two attached hydrogens (primary N) is 1. The third-order valence-electron chi connectivity index (χ3n) is 4.10. The van der Waals surface area contributed by atoms with Crippen molar-refractivity contribution in [3.8, 4) is 0 Å². The number of rotatable bonds is 4.